The Labute approximate surface area is 233 Å². The van der Waals surface area contributed by atoms with E-state index in [0.29, 0.717) is 6.54 Å². The van der Waals surface area contributed by atoms with Crippen LogP contribution in [0.5, 0.6) is 0 Å². The van der Waals surface area contributed by atoms with Crippen LogP contribution in [0.1, 0.15) is 44.3 Å². The summed E-state index contributed by atoms with van der Waals surface area (Å²) in [6.07, 6.45) is 2.72. The Kier molecular flexibility index (Phi) is 7.70. The van der Waals surface area contributed by atoms with Gasteiger partial charge in [0.15, 0.2) is 0 Å². The fourth-order valence-corrected chi connectivity index (χ4v) is 8.01. The van der Waals surface area contributed by atoms with Gasteiger partial charge in [-0.1, -0.05) is 93.6 Å². The van der Waals surface area contributed by atoms with Crippen LogP contribution in [0.4, 0.5) is 10.1 Å². The summed E-state index contributed by atoms with van der Waals surface area (Å²) in [5.74, 6) is 0.754. The van der Waals surface area contributed by atoms with Crippen molar-refractivity contribution in [2.45, 2.75) is 52.6 Å². The molecule has 201 valence electrons. The summed E-state index contributed by atoms with van der Waals surface area (Å²) in [6, 6.07) is 28.2. The van der Waals surface area contributed by atoms with E-state index in [1.807, 2.05) is 38.2 Å². The van der Waals surface area contributed by atoms with Gasteiger partial charge in [0, 0.05) is 12.0 Å². The van der Waals surface area contributed by atoms with Gasteiger partial charge < -0.3 is 9.74 Å². The topological polar surface area (TPSA) is 47.0 Å². The Morgan fingerprint density at radius 1 is 0.974 bits per heavy atom. The predicted octanol–water partition coefficient (Wildman–Crippen LogP) is 5.84. The van der Waals surface area contributed by atoms with Crippen LogP contribution < -0.4 is 15.7 Å². The minimum atomic E-state index is -1.52. The first-order valence-corrected chi connectivity index (χ1v) is 15.0. The zero-order valence-corrected chi connectivity index (χ0v) is 24.4. The zero-order chi connectivity index (χ0) is 27.6. The fourth-order valence-electron chi connectivity index (χ4n) is 5.65. The van der Waals surface area contributed by atoms with Crippen LogP contribution in [0.2, 0.25) is 0 Å². The summed E-state index contributed by atoms with van der Waals surface area (Å²) < 4.78 is 21.8. The van der Waals surface area contributed by atoms with Crippen molar-refractivity contribution in [2.75, 3.05) is 11.9 Å². The van der Waals surface area contributed by atoms with Gasteiger partial charge in [-0.05, 0) is 59.7 Å². The van der Waals surface area contributed by atoms with Gasteiger partial charge in [-0.25, -0.2) is 14.4 Å². The number of halogens is 1. The number of benzene rings is 3. The predicted molar refractivity (Wildman–Crippen MR) is 158 cm³/mol. The molecule has 5 rings (SSSR count). The van der Waals surface area contributed by atoms with Gasteiger partial charge in [0.1, 0.15) is 11.6 Å². The van der Waals surface area contributed by atoms with Crippen molar-refractivity contribution in [1.29, 1.82) is 0 Å². The van der Waals surface area contributed by atoms with Gasteiger partial charge in [-0.15, -0.1) is 0 Å². The first kappa shape index (κ1) is 27.2. The van der Waals surface area contributed by atoms with Crippen LogP contribution in [-0.2, 0) is 9.84 Å². The zero-order valence-electron chi connectivity index (χ0n) is 23.4. The SMILES string of the molecule is Cc1ncc(NC[C@@]2(c3cccc(F)c3)C[C@H]2C(O[Si](c2ccccc2)c2ccccc2)C(C)(C)C)c(C)n1. The molecule has 1 aliphatic rings. The normalized spacial score (nSPS) is 19.6. The van der Waals surface area contributed by atoms with E-state index in [4.69, 9.17) is 4.43 Å². The molecule has 1 aliphatic carbocycles. The molecule has 0 amide bonds. The van der Waals surface area contributed by atoms with Crippen LogP contribution in [0, 0.1) is 31.0 Å². The molecule has 1 radical (unpaired) electrons. The molecule has 1 N–H and O–H groups in total. The molecule has 39 heavy (non-hydrogen) atoms. The van der Waals surface area contributed by atoms with E-state index >= 15 is 0 Å². The van der Waals surface area contributed by atoms with Crippen molar-refractivity contribution in [3.05, 3.63) is 114 Å². The minimum absolute atomic E-state index is 0.0350. The molecule has 0 aliphatic heterocycles. The highest BCUT2D eigenvalue weighted by Crippen LogP contribution is 2.59. The average molecular weight is 539 g/mol. The van der Waals surface area contributed by atoms with Crippen LogP contribution in [-0.4, -0.2) is 31.7 Å². The number of hydrogen-bond donors (Lipinski definition) is 1. The van der Waals surface area contributed by atoms with E-state index in [0.717, 1.165) is 29.2 Å². The molecule has 1 saturated carbocycles. The summed E-state index contributed by atoms with van der Waals surface area (Å²) in [5, 5.41) is 6.07. The maximum Gasteiger partial charge on any atom is 0.283 e. The molecule has 3 atom stereocenters. The number of aryl methyl sites for hydroxylation is 2. The Bertz CT molecular complexity index is 1370. The lowest BCUT2D eigenvalue weighted by Gasteiger charge is -2.36. The lowest BCUT2D eigenvalue weighted by molar-refractivity contribution is 0.0625. The van der Waals surface area contributed by atoms with E-state index in [1.54, 1.807) is 6.07 Å². The highest BCUT2D eigenvalue weighted by Gasteiger charge is 2.61. The molecule has 1 heterocycles. The first-order valence-electron chi connectivity index (χ1n) is 13.6. The standard InChI is InChI=1S/C33H37FN3OSi/c1-23-30(21-35-24(2)37-23)36-22-33(25-13-12-14-26(34)19-25)20-29(33)31(32(3,4)5)38-39(27-15-8-6-9-16-27)28-17-10-7-11-18-28/h6-19,21,29,31,36H,20,22H2,1-5H3/t29-,31?,33+/m0/s1. The molecular weight excluding hydrogens is 501 g/mol. The number of aromatic nitrogens is 2. The second-order valence-corrected chi connectivity index (χ2v) is 13.8. The Morgan fingerprint density at radius 2 is 1.62 bits per heavy atom. The van der Waals surface area contributed by atoms with E-state index < -0.39 is 9.04 Å². The van der Waals surface area contributed by atoms with Crippen molar-refractivity contribution < 1.29 is 8.82 Å². The van der Waals surface area contributed by atoms with Crippen LogP contribution >= 0.6 is 0 Å². The van der Waals surface area contributed by atoms with Gasteiger partial charge in [0.25, 0.3) is 9.04 Å². The summed E-state index contributed by atoms with van der Waals surface area (Å²) in [4.78, 5) is 8.92. The lowest BCUT2D eigenvalue weighted by Crippen LogP contribution is -2.51. The number of nitrogens with zero attached hydrogens (tertiary/aromatic N) is 2. The van der Waals surface area contributed by atoms with Crippen molar-refractivity contribution in [3.63, 3.8) is 0 Å². The Morgan fingerprint density at radius 3 is 2.18 bits per heavy atom. The third-order valence-electron chi connectivity index (χ3n) is 7.76. The second-order valence-electron chi connectivity index (χ2n) is 11.7. The molecule has 3 aromatic carbocycles. The average Bonchev–Trinajstić information content (AvgIpc) is 3.64. The van der Waals surface area contributed by atoms with Crippen molar-refractivity contribution in [1.82, 2.24) is 9.97 Å². The van der Waals surface area contributed by atoms with E-state index in [1.165, 1.54) is 16.4 Å². The van der Waals surface area contributed by atoms with Crippen molar-refractivity contribution >= 4 is 25.1 Å². The van der Waals surface area contributed by atoms with E-state index in [9.17, 15) is 4.39 Å². The molecule has 0 spiro atoms. The van der Waals surface area contributed by atoms with Crippen LogP contribution in [0.25, 0.3) is 0 Å². The molecule has 0 saturated heterocycles. The lowest BCUT2D eigenvalue weighted by atomic mass is 9.81. The van der Waals surface area contributed by atoms with Gasteiger partial charge in [0.05, 0.1) is 23.7 Å². The molecule has 0 bridgehead atoms. The van der Waals surface area contributed by atoms with Gasteiger partial charge in [0.2, 0.25) is 0 Å². The third kappa shape index (κ3) is 5.97. The highest BCUT2D eigenvalue weighted by molar-refractivity contribution is 6.80. The Hall–Kier alpha value is -3.35. The second kappa shape index (κ2) is 11.0. The van der Waals surface area contributed by atoms with E-state index in [-0.39, 0.29) is 28.7 Å². The summed E-state index contributed by atoms with van der Waals surface area (Å²) in [6.45, 7) is 11.3. The van der Waals surface area contributed by atoms with Gasteiger partial charge >= 0.3 is 0 Å². The minimum Gasteiger partial charge on any atom is -0.403 e. The number of anilines is 1. The number of nitrogens with one attached hydrogen (secondary N) is 1. The molecule has 1 unspecified atom stereocenters. The Balaban J connectivity index is 1.51. The summed E-state index contributed by atoms with van der Waals surface area (Å²) in [5.41, 5.74) is 2.45. The largest absolute Gasteiger partial charge is 0.403 e. The fraction of sp³-hybridized carbons (Fsp3) is 0.333. The smallest absolute Gasteiger partial charge is 0.283 e. The third-order valence-corrected chi connectivity index (χ3v) is 9.97. The molecule has 4 aromatic rings. The summed E-state index contributed by atoms with van der Waals surface area (Å²) in [7, 11) is -1.52. The van der Waals surface area contributed by atoms with Crippen LogP contribution in [0.15, 0.2) is 91.1 Å². The molecular formula is C33H37FN3OSi. The number of rotatable bonds is 9. The quantitative estimate of drug-likeness (QED) is 0.272. The maximum atomic E-state index is 14.5. The van der Waals surface area contributed by atoms with E-state index in [2.05, 4.69) is 90.7 Å². The van der Waals surface area contributed by atoms with Crippen molar-refractivity contribution in [3.8, 4) is 0 Å². The van der Waals surface area contributed by atoms with Gasteiger partial charge in [-0.3, -0.25) is 0 Å². The molecule has 4 nitrogen and oxygen atoms in total. The van der Waals surface area contributed by atoms with Crippen molar-refractivity contribution in [2.24, 2.45) is 11.3 Å². The first-order chi connectivity index (χ1) is 18.7. The summed E-state index contributed by atoms with van der Waals surface area (Å²) >= 11 is 0. The molecule has 1 aromatic heterocycles. The highest BCUT2D eigenvalue weighted by atomic mass is 28.3. The van der Waals surface area contributed by atoms with Crippen LogP contribution in [0.3, 0.4) is 0 Å². The maximum absolute atomic E-state index is 14.5. The monoisotopic (exact) mass is 538 g/mol. The molecule has 1 fully saturated rings. The molecule has 6 heteroatoms. The van der Waals surface area contributed by atoms with Gasteiger partial charge in [-0.2, -0.15) is 0 Å². The number of hydrogen-bond acceptors (Lipinski definition) is 4.